The minimum absolute atomic E-state index is 0.00886. The average Bonchev–Trinajstić information content (AvgIpc) is 3.08. The molecular formula is C16H16ClNO7S. The van der Waals surface area contributed by atoms with Crippen LogP contribution >= 0.6 is 11.6 Å². The molecule has 2 rings (SSSR count). The second kappa shape index (κ2) is 7.90. The summed E-state index contributed by atoms with van der Waals surface area (Å²) in [6.45, 7) is -0.242. The number of carbonyl (C=O) groups is 2. The predicted octanol–water partition coefficient (Wildman–Crippen LogP) is 2.33. The summed E-state index contributed by atoms with van der Waals surface area (Å²) in [7, 11) is 0.104. The quantitative estimate of drug-likeness (QED) is 0.684. The fourth-order valence-corrected chi connectivity index (χ4v) is 3.30. The Morgan fingerprint density at radius 3 is 2.46 bits per heavy atom. The van der Waals surface area contributed by atoms with Crippen molar-refractivity contribution < 1.29 is 31.9 Å². The summed E-state index contributed by atoms with van der Waals surface area (Å²) < 4.78 is 40.2. The summed E-state index contributed by atoms with van der Waals surface area (Å²) in [5, 5.41) is -0.0102. The first-order valence-corrected chi connectivity index (χ1v) is 9.05. The number of hydrogen-bond donors (Lipinski definition) is 0. The molecule has 0 aliphatic rings. The van der Waals surface area contributed by atoms with Gasteiger partial charge in [-0.15, -0.1) is 0 Å². The van der Waals surface area contributed by atoms with Gasteiger partial charge in [0.15, 0.2) is 0 Å². The molecule has 1 heterocycles. The summed E-state index contributed by atoms with van der Waals surface area (Å²) in [6, 6.07) is 6.64. The number of carbonyl (C=O) groups excluding carboxylic acids is 2. The molecule has 0 saturated heterocycles. The van der Waals surface area contributed by atoms with Crippen LogP contribution in [0.25, 0.3) is 0 Å². The lowest BCUT2D eigenvalue weighted by atomic mass is 10.2. The molecule has 10 heteroatoms. The molecule has 140 valence electrons. The third-order valence-corrected chi connectivity index (χ3v) is 5.62. The smallest absolute Gasteiger partial charge is 0.373 e. The normalized spacial score (nSPS) is 11.4. The van der Waals surface area contributed by atoms with Crippen LogP contribution in [0.2, 0.25) is 5.02 Å². The van der Waals surface area contributed by atoms with Gasteiger partial charge in [-0.1, -0.05) is 11.6 Å². The van der Waals surface area contributed by atoms with Gasteiger partial charge in [-0.05, 0) is 30.3 Å². The lowest BCUT2D eigenvalue weighted by Crippen LogP contribution is -2.23. The van der Waals surface area contributed by atoms with Crippen molar-refractivity contribution in [2.45, 2.75) is 11.5 Å². The first kappa shape index (κ1) is 20.0. The van der Waals surface area contributed by atoms with Crippen molar-refractivity contribution >= 4 is 33.6 Å². The Morgan fingerprint density at radius 2 is 1.85 bits per heavy atom. The van der Waals surface area contributed by atoms with E-state index in [1.165, 1.54) is 45.5 Å². The van der Waals surface area contributed by atoms with E-state index in [1.807, 2.05) is 0 Å². The van der Waals surface area contributed by atoms with Crippen LogP contribution in [0.5, 0.6) is 0 Å². The Labute approximate surface area is 155 Å². The molecule has 0 saturated carbocycles. The van der Waals surface area contributed by atoms with Gasteiger partial charge < -0.3 is 13.9 Å². The minimum Gasteiger partial charge on any atom is -0.463 e. The van der Waals surface area contributed by atoms with Crippen molar-refractivity contribution in [3.05, 3.63) is 52.4 Å². The maximum Gasteiger partial charge on any atom is 0.373 e. The van der Waals surface area contributed by atoms with Crippen LogP contribution in [-0.4, -0.2) is 45.9 Å². The standard InChI is InChI=1S/C16H16ClNO7S/c1-18(2)26(21,22)14-8-10(4-6-12(14)17)15(19)24-9-11-5-7-13(25-11)16(20)23-3/h4-8H,9H2,1-3H3. The molecule has 0 aliphatic carbocycles. The minimum atomic E-state index is -3.82. The summed E-state index contributed by atoms with van der Waals surface area (Å²) in [6.07, 6.45) is 0. The van der Waals surface area contributed by atoms with Gasteiger partial charge >= 0.3 is 11.9 Å². The van der Waals surface area contributed by atoms with Crippen molar-refractivity contribution in [2.24, 2.45) is 0 Å². The molecule has 2 aromatic rings. The van der Waals surface area contributed by atoms with Crippen LogP contribution < -0.4 is 0 Å². The van der Waals surface area contributed by atoms with E-state index in [-0.39, 0.29) is 33.6 Å². The van der Waals surface area contributed by atoms with Crippen LogP contribution in [0.15, 0.2) is 39.6 Å². The number of halogens is 1. The second-order valence-corrected chi connectivity index (χ2v) is 7.79. The lowest BCUT2D eigenvalue weighted by molar-refractivity contribution is 0.0438. The second-order valence-electron chi connectivity index (χ2n) is 5.27. The van der Waals surface area contributed by atoms with Crippen molar-refractivity contribution in [1.29, 1.82) is 0 Å². The zero-order valence-electron chi connectivity index (χ0n) is 14.2. The van der Waals surface area contributed by atoms with E-state index in [1.54, 1.807) is 0 Å². The molecule has 1 aromatic heterocycles. The van der Waals surface area contributed by atoms with E-state index in [4.69, 9.17) is 20.8 Å². The summed E-state index contributed by atoms with van der Waals surface area (Å²) >= 11 is 5.93. The molecule has 0 unspecified atom stereocenters. The van der Waals surface area contributed by atoms with E-state index < -0.39 is 22.0 Å². The highest BCUT2D eigenvalue weighted by atomic mass is 35.5. The van der Waals surface area contributed by atoms with Crippen LogP contribution in [-0.2, 0) is 26.1 Å². The van der Waals surface area contributed by atoms with Crippen molar-refractivity contribution in [1.82, 2.24) is 4.31 Å². The fraction of sp³-hybridized carbons (Fsp3) is 0.250. The molecule has 0 aliphatic heterocycles. The van der Waals surface area contributed by atoms with Gasteiger partial charge in [0.1, 0.15) is 17.3 Å². The zero-order valence-corrected chi connectivity index (χ0v) is 15.8. The first-order chi connectivity index (χ1) is 12.2. The van der Waals surface area contributed by atoms with E-state index in [2.05, 4.69) is 4.74 Å². The highest BCUT2D eigenvalue weighted by molar-refractivity contribution is 7.89. The van der Waals surface area contributed by atoms with E-state index in [0.717, 1.165) is 10.4 Å². The van der Waals surface area contributed by atoms with Gasteiger partial charge in [0, 0.05) is 14.1 Å². The van der Waals surface area contributed by atoms with Crippen LogP contribution in [0.1, 0.15) is 26.7 Å². The molecule has 0 spiro atoms. The molecule has 26 heavy (non-hydrogen) atoms. The summed E-state index contributed by atoms with van der Waals surface area (Å²) in [4.78, 5) is 23.3. The van der Waals surface area contributed by atoms with Crippen molar-refractivity contribution in [3.8, 4) is 0 Å². The molecule has 0 amide bonds. The van der Waals surface area contributed by atoms with Gasteiger partial charge in [0.25, 0.3) is 0 Å². The molecule has 0 fully saturated rings. The zero-order chi connectivity index (χ0) is 19.5. The summed E-state index contributed by atoms with van der Waals surface area (Å²) in [5.41, 5.74) is 0.00886. The van der Waals surface area contributed by atoms with Gasteiger partial charge in [0.05, 0.1) is 17.7 Å². The summed E-state index contributed by atoms with van der Waals surface area (Å²) in [5.74, 6) is -1.22. The van der Waals surface area contributed by atoms with Gasteiger partial charge in [-0.2, -0.15) is 0 Å². The third-order valence-electron chi connectivity index (χ3n) is 3.32. The Hall–Kier alpha value is -2.36. The SMILES string of the molecule is COC(=O)c1ccc(COC(=O)c2ccc(Cl)c(S(=O)(=O)N(C)C)c2)o1. The number of rotatable bonds is 6. The highest BCUT2D eigenvalue weighted by Gasteiger charge is 2.23. The van der Waals surface area contributed by atoms with E-state index in [0.29, 0.717) is 0 Å². The first-order valence-electron chi connectivity index (χ1n) is 7.23. The maximum atomic E-state index is 12.2. The molecule has 0 radical (unpaired) electrons. The maximum absolute atomic E-state index is 12.2. The Balaban J connectivity index is 2.15. The molecule has 0 N–H and O–H groups in total. The number of esters is 2. The number of sulfonamides is 1. The lowest BCUT2D eigenvalue weighted by Gasteiger charge is -2.13. The Bertz CT molecular complexity index is 934. The van der Waals surface area contributed by atoms with E-state index in [9.17, 15) is 18.0 Å². The molecule has 0 bridgehead atoms. The highest BCUT2D eigenvalue weighted by Crippen LogP contribution is 2.25. The van der Waals surface area contributed by atoms with Crippen LogP contribution in [0, 0.1) is 0 Å². The largest absolute Gasteiger partial charge is 0.463 e. The fourth-order valence-electron chi connectivity index (χ4n) is 1.91. The van der Waals surface area contributed by atoms with Gasteiger partial charge in [-0.3, -0.25) is 0 Å². The predicted molar refractivity (Wildman–Crippen MR) is 91.5 cm³/mol. The van der Waals surface area contributed by atoms with E-state index >= 15 is 0 Å². The van der Waals surface area contributed by atoms with Gasteiger partial charge in [-0.25, -0.2) is 22.3 Å². The Morgan fingerprint density at radius 1 is 1.15 bits per heavy atom. The van der Waals surface area contributed by atoms with Crippen molar-refractivity contribution in [3.63, 3.8) is 0 Å². The molecule has 8 nitrogen and oxygen atoms in total. The molecule has 1 aromatic carbocycles. The Kier molecular flexibility index (Phi) is 6.06. The number of ether oxygens (including phenoxy) is 2. The average molecular weight is 402 g/mol. The van der Waals surface area contributed by atoms with Crippen LogP contribution in [0.3, 0.4) is 0 Å². The number of hydrogen-bond acceptors (Lipinski definition) is 7. The molecule has 0 atom stereocenters. The number of methoxy groups -OCH3 is 1. The van der Waals surface area contributed by atoms with Gasteiger partial charge in [0.2, 0.25) is 15.8 Å². The molecular weight excluding hydrogens is 386 g/mol. The number of nitrogens with zero attached hydrogens (tertiary/aromatic N) is 1. The topological polar surface area (TPSA) is 103 Å². The third kappa shape index (κ3) is 4.24. The number of furan rings is 1. The van der Waals surface area contributed by atoms with Crippen molar-refractivity contribution in [2.75, 3.05) is 21.2 Å². The van der Waals surface area contributed by atoms with Crippen LogP contribution in [0.4, 0.5) is 0 Å². The monoisotopic (exact) mass is 401 g/mol. The number of benzene rings is 1.